The van der Waals surface area contributed by atoms with E-state index in [1.807, 2.05) is 26.0 Å². The third-order valence-electron chi connectivity index (χ3n) is 2.07. The van der Waals surface area contributed by atoms with Crippen LogP contribution in [0.15, 0.2) is 36.5 Å². The van der Waals surface area contributed by atoms with Crippen LogP contribution >= 0.6 is 0 Å². The maximum absolute atomic E-state index is 3.78. The summed E-state index contributed by atoms with van der Waals surface area (Å²) in [4.78, 5) is 0. The first-order valence-electron chi connectivity index (χ1n) is 4.98. The highest BCUT2D eigenvalue weighted by molar-refractivity contribution is 5.34. The molecule has 0 aliphatic carbocycles. The Labute approximate surface area is 82.2 Å². The van der Waals surface area contributed by atoms with Crippen LogP contribution in [-0.2, 0) is 0 Å². The Morgan fingerprint density at radius 2 is 1.77 bits per heavy atom. The monoisotopic (exact) mass is 179 g/mol. The van der Waals surface area contributed by atoms with E-state index in [2.05, 4.69) is 25.4 Å². The SMILES string of the molecule is C=CC1=C(C=C)CC(C)NC1.CC. The molecule has 0 bridgehead atoms. The van der Waals surface area contributed by atoms with Gasteiger partial charge < -0.3 is 5.32 Å². The van der Waals surface area contributed by atoms with Gasteiger partial charge in [0.2, 0.25) is 0 Å². The number of hydrogen-bond donors (Lipinski definition) is 1. The van der Waals surface area contributed by atoms with Crippen LogP contribution in [0.25, 0.3) is 0 Å². The molecule has 1 heteroatoms. The van der Waals surface area contributed by atoms with Gasteiger partial charge in [0.15, 0.2) is 0 Å². The van der Waals surface area contributed by atoms with Gasteiger partial charge in [-0.2, -0.15) is 0 Å². The molecule has 1 atom stereocenters. The predicted molar refractivity (Wildman–Crippen MR) is 60.8 cm³/mol. The van der Waals surface area contributed by atoms with Gasteiger partial charge in [0.05, 0.1) is 0 Å². The molecule has 0 spiro atoms. The van der Waals surface area contributed by atoms with Crippen molar-refractivity contribution in [3.05, 3.63) is 36.5 Å². The quantitative estimate of drug-likeness (QED) is 0.687. The molecule has 74 valence electrons. The Morgan fingerprint density at radius 3 is 2.23 bits per heavy atom. The maximum Gasteiger partial charge on any atom is 0.0210 e. The Morgan fingerprint density at radius 1 is 1.23 bits per heavy atom. The largest absolute Gasteiger partial charge is 0.310 e. The summed E-state index contributed by atoms with van der Waals surface area (Å²) in [6.07, 6.45) is 4.93. The number of nitrogens with one attached hydrogen (secondary N) is 1. The smallest absolute Gasteiger partial charge is 0.0210 e. The van der Waals surface area contributed by atoms with Gasteiger partial charge in [-0.1, -0.05) is 39.2 Å². The molecule has 0 aromatic heterocycles. The molecule has 0 saturated carbocycles. The summed E-state index contributed by atoms with van der Waals surface area (Å²) < 4.78 is 0. The molecule has 0 aromatic carbocycles. The Kier molecular flexibility index (Phi) is 6.25. The minimum atomic E-state index is 0.576. The Bertz CT molecular complexity index is 201. The van der Waals surface area contributed by atoms with Crippen LogP contribution in [0.2, 0.25) is 0 Å². The zero-order valence-corrected chi connectivity index (χ0v) is 9.06. The molecule has 1 aliphatic rings. The van der Waals surface area contributed by atoms with E-state index in [9.17, 15) is 0 Å². The van der Waals surface area contributed by atoms with Crippen LogP contribution in [0.5, 0.6) is 0 Å². The minimum absolute atomic E-state index is 0.576. The molecule has 0 radical (unpaired) electrons. The van der Waals surface area contributed by atoms with E-state index in [4.69, 9.17) is 0 Å². The van der Waals surface area contributed by atoms with Crippen molar-refractivity contribution >= 4 is 0 Å². The fraction of sp³-hybridized carbons (Fsp3) is 0.500. The lowest BCUT2D eigenvalue weighted by molar-refractivity contribution is 0.550. The van der Waals surface area contributed by atoms with Gasteiger partial charge in [0.1, 0.15) is 0 Å². The normalized spacial score (nSPS) is 21.6. The van der Waals surface area contributed by atoms with Crippen molar-refractivity contribution in [2.45, 2.75) is 33.2 Å². The van der Waals surface area contributed by atoms with Crippen LogP contribution in [0.3, 0.4) is 0 Å². The summed E-state index contributed by atoms with van der Waals surface area (Å²) in [7, 11) is 0. The second-order valence-corrected chi connectivity index (χ2v) is 2.94. The molecule has 0 saturated heterocycles. The molecule has 1 heterocycles. The first kappa shape index (κ1) is 12.2. The Balaban J connectivity index is 0.000000671. The fourth-order valence-corrected chi connectivity index (χ4v) is 1.35. The Hall–Kier alpha value is -0.820. The van der Waals surface area contributed by atoms with Gasteiger partial charge in [0, 0.05) is 12.6 Å². The van der Waals surface area contributed by atoms with Crippen LogP contribution in [0.1, 0.15) is 27.2 Å². The number of allylic oxidation sites excluding steroid dienone is 1. The maximum atomic E-state index is 3.78. The van der Waals surface area contributed by atoms with Crippen molar-refractivity contribution in [1.82, 2.24) is 5.32 Å². The third kappa shape index (κ3) is 3.60. The fourth-order valence-electron chi connectivity index (χ4n) is 1.35. The van der Waals surface area contributed by atoms with Crippen molar-refractivity contribution in [1.29, 1.82) is 0 Å². The van der Waals surface area contributed by atoms with E-state index in [1.54, 1.807) is 0 Å². The topological polar surface area (TPSA) is 12.0 Å². The van der Waals surface area contributed by atoms with Crippen molar-refractivity contribution in [2.75, 3.05) is 6.54 Å². The molecule has 13 heavy (non-hydrogen) atoms. The molecule has 1 rings (SSSR count). The predicted octanol–water partition coefficient (Wildman–Crippen LogP) is 3.06. The summed E-state index contributed by atoms with van der Waals surface area (Å²) in [5, 5.41) is 3.37. The number of rotatable bonds is 2. The van der Waals surface area contributed by atoms with Gasteiger partial charge in [-0.25, -0.2) is 0 Å². The average molecular weight is 179 g/mol. The van der Waals surface area contributed by atoms with Crippen LogP contribution < -0.4 is 5.32 Å². The summed E-state index contributed by atoms with van der Waals surface area (Å²) in [5.41, 5.74) is 2.63. The molecule has 0 amide bonds. The van der Waals surface area contributed by atoms with E-state index in [0.717, 1.165) is 13.0 Å². The van der Waals surface area contributed by atoms with Crippen LogP contribution in [0.4, 0.5) is 0 Å². The van der Waals surface area contributed by atoms with Crippen LogP contribution in [0, 0.1) is 0 Å². The molecule has 1 aliphatic heterocycles. The second kappa shape index (κ2) is 6.67. The highest BCUT2D eigenvalue weighted by Gasteiger charge is 2.12. The molecule has 1 nitrogen and oxygen atoms in total. The first-order valence-corrected chi connectivity index (χ1v) is 4.98. The summed E-state index contributed by atoms with van der Waals surface area (Å²) in [6.45, 7) is 14.7. The van der Waals surface area contributed by atoms with Crippen molar-refractivity contribution < 1.29 is 0 Å². The zero-order valence-electron chi connectivity index (χ0n) is 9.06. The third-order valence-corrected chi connectivity index (χ3v) is 2.07. The summed E-state index contributed by atoms with van der Waals surface area (Å²) >= 11 is 0. The average Bonchev–Trinajstić information content (AvgIpc) is 2.20. The van der Waals surface area contributed by atoms with Crippen molar-refractivity contribution in [3.63, 3.8) is 0 Å². The van der Waals surface area contributed by atoms with Gasteiger partial charge in [-0.15, -0.1) is 0 Å². The molecule has 1 N–H and O–H groups in total. The highest BCUT2D eigenvalue weighted by Crippen LogP contribution is 2.17. The highest BCUT2D eigenvalue weighted by atomic mass is 14.9. The minimum Gasteiger partial charge on any atom is -0.310 e. The van der Waals surface area contributed by atoms with Gasteiger partial charge in [-0.3, -0.25) is 0 Å². The second-order valence-electron chi connectivity index (χ2n) is 2.94. The number of hydrogen-bond acceptors (Lipinski definition) is 1. The standard InChI is InChI=1S/C10H15N.C2H6/c1-4-9-6-8(3)11-7-10(9)5-2;1-2/h4-5,8,11H,1-2,6-7H2,3H3;1-2H3. The lowest BCUT2D eigenvalue weighted by Gasteiger charge is -2.22. The van der Waals surface area contributed by atoms with E-state index in [1.165, 1.54) is 11.1 Å². The molecular formula is C12H21N. The van der Waals surface area contributed by atoms with Gasteiger partial charge >= 0.3 is 0 Å². The summed E-state index contributed by atoms with van der Waals surface area (Å²) in [5.74, 6) is 0. The summed E-state index contributed by atoms with van der Waals surface area (Å²) in [6, 6.07) is 0.576. The molecular weight excluding hydrogens is 158 g/mol. The van der Waals surface area contributed by atoms with E-state index in [-0.39, 0.29) is 0 Å². The van der Waals surface area contributed by atoms with Crippen molar-refractivity contribution in [3.8, 4) is 0 Å². The lowest BCUT2D eigenvalue weighted by Crippen LogP contribution is -2.32. The molecule has 0 fully saturated rings. The molecule has 1 unspecified atom stereocenters. The van der Waals surface area contributed by atoms with Crippen molar-refractivity contribution in [2.24, 2.45) is 0 Å². The lowest BCUT2D eigenvalue weighted by atomic mass is 9.97. The van der Waals surface area contributed by atoms with Crippen LogP contribution in [-0.4, -0.2) is 12.6 Å². The van der Waals surface area contributed by atoms with Gasteiger partial charge in [-0.05, 0) is 24.5 Å². The van der Waals surface area contributed by atoms with E-state index >= 15 is 0 Å². The van der Waals surface area contributed by atoms with Gasteiger partial charge in [0.25, 0.3) is 0 Å². The molecule has 0 aromatic rings. The first-order chi connectivity index (χ1) is 6.27. The zero-order chi connectivity index (χ0) is 10.3. The van der Waals surface area contributed by atoms with E-state index in [0.29, 0.717) is 6.04 Å². The van der Waals surface area contributed by atoms with E-state index < -0.39 is 0 Å².